The van der Waals surface area contributed by atoms with Gasteiger partial charge in [-0.25, -0.2) is 9.97 Å². The molecule has 1 aliphatic rings. The number of anilines is 1. The molecule has 29 heavy (non-hydrogen) atoms. The van der Waals surface area contributed by atoms with E-state index in [0.29, 0.717) is 18.8 Å². The first-order valence-corrected chi connectivity index (χ1v) is 10.1. The highest BCUT2D eigenvalue weighted by Crippen LogP contribution is 2.25. The van der Waals surface area contributed by atoms with E-state index in [0.717, 1.165) is 48.8 Å². The zero-order valence-electron chi connectivity index (χ0n) is 17.0. The van der Waals surface area contributed by atoms with Crippen molar-refractivity contribution in [2.75, 3.05) is 31.1 Å². The summed E-state index contributed by atoms with van der Waals surface area (Å²) in [6.07, 6.45) is 3.23. The molecule has 6 nitrogen and oxygen atoms in total. The Morgan fingerprint density at radius 3 is 2.59 bits per heavy atom. The summed E-state index contributed by atoms with van der Waals surface area (Å²) in [6, 6.07) is 13.9. The number of aromatic nitrogens is 2. The maximum Gasteiger partial charge on any atom is 0.289 e. The Morgan fingerprint density at radius 1 is 1.00 bits per heavy atom. The lowest BCUT2D eigenvalue weighted by atomic mass is 10.0. The lowest BCUT2D eigenvalue weighted by Crippen LogP contribution is -2.35. The molecule has 6 heteroatoms. The van der Waals surface area contributed by atoms with Gasteiger partial charge in [0.2, 0.25) is 0 Å². The van der Waals surface area contributed by atoms with Gasteiger partial charge in [-0.05, 0) is 38.0 Å². The van der Waals surface area contributed by atoms with Crippen molar-refractivity contribution in [1.29, 1.82) is 0 Å². The summed E-state index contributed by atoms with van der Waals surface area (Å²) in [5.41, 5.74) is 3.42. The minimum absolute atomic E-state index is 0.0450. The first kappa shape index (κ1) is 19.2. The number of benzene rings is 1. The molecule has 1 saturated heterocycles. The summed E-state index contributed by atoms with van der Waals surface area (Å²) < 4.78 is 5.29. The first-order valence-electron chi connectivity index (χ1n) is 10.1. The average Bonchev–Trinajstić information content (AvgIpc) is 3.15. The van der Waals surface area contributed by atoms with Gasteiger partial charge in [-0.1, -0.05) is 30.3 Å². The summed E-state index contributed by atoms with van der Waals surface area (Å²) in [6.45, 7) is 6.96. The third-order valence-electron chi connectivity index (χ3n) is 5.34. The van der Waals surface area contributed by atoms with Crippen LogP contribution in [-0.4, -0.2) is 47.0 Å². The maximum absolute atomic E-state index is 12.7. The van der Waals surface area contributed by atoms with Gasteiger partial charge in [0.15, 0.2) is 5.76 Å². The van der Waals surface area contributed by atoms with Gasteiger partial charge >= 0.3 is 0 Å². The van der Waals surface area contributed by atoms with Crippen LogP contribution in [-0.2, 0) is 6.42 Å². The lowest BCUT2D eigenvalue weighted by molar-refractivity contribution is 0.0735. The number of carbonyl (C=O) groups excluding carboxylic acids is 1. The van der Waals surface area contributed by atoms with Crippen molar-refractivity contribution in [3.05, 3.63) is 77.1 Å². The van der Waals surface area contributed by atoms with Crippen LogP contribution in [0.4, 0.5) is 5.82 Å². The fourth-order valence-corrected chi connectivity index (χ4v) is 3.87. The van der Waals surface area contributed by atoms with Crippen LogP contribution in [0.3, 0.4) is 0 Å². The Morgan fingerprint density at radius 2 is 1.83 bits per heavy atom. The molecular weight excluding hydrogens is 364 g/mol. The fourth-order valence-electron chi connectivity index (χ4n) is 3.87. The molecule has 0 N–H and O–H groups in total. The topological polar surface area (TPSA) is 62.5 Å². The Kier molecular flexibility index (Phi) is 5.60. The van der Waals surface area contributed by atoms with Gasteiger partial charge < -0.3 is 14.2 Å². The van der Waals surface area contributed by atoms with Crippen LogP contribution in [0.5, 0.6) is 0 Å². The zero-order valence-corrected chi connectivity index (χ0v) is 17.0. The summed E-state index contributed by atoms with van der Waals surface area (Å²) in [4.78, 5) is 26.3. The highest BCUT2D eigenvalue weighted by atomic mass is 16.3. The number of hydrogen-bond donors (Lipinski definition) is 0. The summed E-state index contributed by atoms with van der Waals surface area (Å²) >= 11 is 0. The van der Waals surface area contributed by atoms with Gasteiger partial charge in [-0.3, -0.25) is 4.79 Å². The molecule has 0 spiro atoms. The van der Waals surface area contributed by atoms with Crippen molar-refractivity contribution in [2.24, 2.45) is 0 Å². The summed E-state index contributed by atoms with van der Waals surface area (Å²) in [5.74, 6) is 2.13. The van der Waals surface area contributed by atoms with Crippen LogP contribution in [0.1, 0.15) is 39.6 Å². The van der Waals surface area contributed by atoms with E-state index in [4.69, 9.17) is 9.40 Å². The lowest BCUT2D eigenvalue weighted by Gasteiger charge is -2.26. The van der Waals surface area contributed by atoms with E-state index in [-0.39, 0.29) is 5.91 Å². The summed E-state index contributed by atoms with van der Waals surface area (Å²) in [5, 5.41) is 0. The predicted molar refractivity (Wildman–Crippen MR) is 112 cm³/mol. The molecule has 2 aromatic heterocycles. The maximum atomic E-state index is 12.7. The second kappa shape index (κ2) is 8.47. The van der Waals surface area contributed by atoms with E-state index in [1.165, 1.54) is 5.56 Å². The van der Waals surface area contributed by atoms with Crippen molar-refractivity contribution in [2.45, 2.75) is 26.7 Å². The number of nitrogens with zero attached hydrogens (tertiary/aromatic N) is 4. The highest BCUT2D eigenvalue weighted by Gasteiger charge is 2.24. The largest absolute Gasteiger partial charge is 0.459 e. The molecule has 0 aliphatic carbocycles. The zero-order chi connectivity index (χ0) is 20.2. The third-order valence-corrected chi connectivity index (χ3v) is 5.34. The number of rotatable bonds is 4. The van der Waals surface area contributed by atoms with E-state index >= 15 is 0 Å². The van der Waals surface area contributed by atoms with E-state index in [2.05, 4.69) is 41.1 Å². The van der Waals surface area contributed by atoms with Gasteiger partial charge in [0.1, 0.15) is 11.6 Å². The SMILES string of the molecule is Cc1nc(C)c(Cc2ccccc2)c(N2CCCN(C(=O)c3ccco3)CC2)n1. The quantitative estimate of drug-likeness (QED) is 0.681. The van der Waals surface area contributed by atoms with E-state index in [9.17, 15) is 4.79 Å². The second-order valence-corrected chi connectivity index (χ2v) is 7.43. The van der Waals surface area contributed by atoms with Crippen molar-refractivity contribution < 1.29 is 9.21 Å². The van der Waals surface area contributed by atoms with Crippen LogP contribution in [0.15, 0.2) is 53.1 Å². The van der Waals surface area contributed by atoms with Crippen molar-refractivity contribution in [1.82, 2.24) is 14.9 Å². The number of furan rings is 1. The number of carbonyl (C=O) groups is 1. The molecule has 0 radical (unpaired) electrons. The first-order chi connectivity index (χ1) is 14.1. The molecule has 1 amide bonds. The van der Waals surface area contributed by atoms with Crippen LogP contribution in [0.25, 0.3) is 0 Å². The van der Waals surface area contributed by atoms with E-state index < -0.39 is 0 Å². The van der Waals surface area contributed by atoms with Crippen LogP contribution < -0.4 is 4.90 Å². The number of aryl methyl sites for hydroxylation is 2. The minimum Gasteiger partial charge on any atom is -0.459 e. The molecule has 1 aromatic carbocycles. The van der Waals surface area contributed by atoms with Gasteiger partial charge in [0.05, 0.1) is 6.26 Å². The molecule has 1 fully saturated rings. The number of hydrogen-bond acceptors (Lipinski definition) is 5. The van der Waals surface area contributed by atoms with Gasteiger partial charge in [0.25, 0.3) is 5.91 Å². The van der Waals surface area contributed by atoms with Crippen LogP contribution >= 0.6 is 0 Å². The van der Waals surface area contributed by atoms with E-state index in [1.54, 1.807) is 18.4 Å². The van der Waals surface area contributed by atoms with Gasteiger partial charge in [0, 0.05) is 43.9 Å². The van der Waals surface area contributed by atoms with E-state index in [1.807, 2.05) is 17.9 Å². The standard InChI is InChI=1S/C23H26N4O2/c1-17-20(16-19-8-4-3-5-9-19)22(25-18(2)24-17)26-11-7-12-27(14-13-26)23(28)21-10-6-15-29-21/h3-6,8-10,15H,7,11-14,16H2,1-2H3. The molecule has 3 aromatic rings. The molecular formula is C23H26N4O2. The summed E-state index contributed by atoms with van der Waals surface area (Å²) in [7, 11) is 0. The number of amides is 1. The highest BCUT2D eigenvalue weighted by molar-refractivity contribution is 5.91. The minimum atomic E-state index is -0.0450. The normalized spacial score (nSPS) is 14.7. The Balaban J connectivity index is 1.57. The van der Waals surface area contributed by atoms with Crippen LogP contribution in [0, 0.1) is 13.8 Å². The Bertz CT molecular complexity index is 970. The Labute approximate surface area is 171 Å². The van der Waals surface area contributed by atoms with Gasteiger partial charge in [-0.15, -0.1) is 0 Å². The molecule has 0 bridgehead atoms. The molecule has 4 rings (SSSR count). The smallest absolute Gasteiger partial charge is 0.289 e. The monoisotopic (exact) mass is 390 g/mol. The average molecular weight is 390 g/mol. The molecule has 0 saturated carbocycles. The van der Waals surface area contributed by atoms with Gasteiger partial charge in [-0.2, -0.15) is 0 Å². The third kappa shape index (κ3) is 4.31. The second-order valence-electron chi connectivity index (χ2n) is 7.43. The van der Waals surface area contributed by atoms with Crippen molar-refractivity contribution >= 4 is 11.7 Å². The molecule has 0 unspecified atom stereocenters. The predicted octanol–water partition coefficient (Wildman–Crippen LogP) is 3.63. The van der Waals surface area contributed by atoms with Crippen molar-refractivity contribution in [3.63, 3.8) is 0 Å². The Hall–Kier alpha value is -3.15. The fraction of sp³-hybridized carbons (Fsp3) is 0.348. The molecule has 3 heterocycles. The van der Waals surface area contributed by atoms with Crippen molar-refractivity contribution in [3.8, 4) is 0 Å². The van der Waals surface area contributed by atoms with Crippen LogP contribution in [0.2, 0.25) is 0 Å². The molecule has 150 valence electrons. The molecule has 0 atom stereocenters. The molecule has 1 aliphatic heterocycles.